The van der Waals surface area contributed by atoms with Crippen molar-refractivity contribution in [3.63, 3.8) is 0 Å². The number of aryl methyl sites for hydroxylation is 1. The Balaban J connectivity index is 1.98. The molecule has 1 heterocycles. The number of ketones is 1. The summed E-state index contributed by atoms with van der Waals surface area (Å²) in [6.45, 7) is 2.06. The Morgan fingerprint density at radius 2 is 1.48 bits per heavy atom. The highest BCUT2D eigenvalue weighted by atomic mass is 16.1. The highest BCUT2D eigenvalue weighted by Crippen LogP contribution is 2.28. The lowest BCUT2D eigenvalue weighted by Crippen LogP contribution is -2.07. The molecule has 120 valence electrons. The number of nitrogens with zero attached hydrogens (tertiary/aromatic N) is 1. The van der Waals surface area contributed by atoms with Crippen molar-refractivity contribution in [3.05, 3.63) is 102 Å². The standard InChI is InChI=1S/C23H17NO/c1-16-12-13-21-19(14-16)15-20(17-8-4-2-5-9-17)22(24-21)23(25)18-10-6-3-7-11-18/h2-15H,1H3. The minimum Gasteiger partial charge on any atom is -0.287 e. The summed E-state index contributed by atoms with van der Waals surface area (Å²) < 4.78 is 0. The van der Waals surface area contributed by atoms with E-state index in [0.717, 1.165) is 22.0 Å². The summed E-state index contributed by atoms with van der Waals surface area (Å²) in [5.41, 5.74) is 5.03. The lowest BCUT2D eigenvalue weighted by molar-refractivity contribution is 0.103. The minimum atomic E-state index is -0.0538. The molecule has 3 aromatic carbocycles. The summed E-state index contributed by atoms with van der Waals surface area (Å²) in [6, 6.07) is 27.4. The molecule has 0 aliphatic carbocycles. The number of carbonyl (C=O) groups is 1. The lowest BCUT2D eigenvalue weighted by Gasteiger charge is -2.11. The topological polar surface area (TPSA) is 30.0 Å². The number of rotatable bonds is 3. The third-order valence-electron chi connectivity index (χ3n) is 4.31. The lowest BCUT2D eigenvalue weighted by atomic mass is 9.96. The number of carbonyl (C=O) groups excluding carboxylic acids is 1. The highest BCUT2D eigenvalue weighted by molar-refractivity contribution is 6.12. The van der Waals surface area contributed by atoms with Crippen LogP contribution in [0.15, 0.2) is 84.9 Å². The Kier molecular flexibility index (Phi) is 3.87. The van der Waals surface area contributed by atoms with E-state index in [1.807, 2.05) is 72.8 Å². The van der Waals surface area contributed by atoms with Gasteiger partial charge in [-0.25, -0.2) is 4.98 Å². The van der Waals surface area contributed by atoms with Gasteiger partial charge in [0.2, 0.25) is 5.78 Å². The molecular formula is C23H17NO. The van der Waals surface area contributed by atoms with Gasteiger partial charge >= 0.3 is 0 Å². The van der Waals surface area contributed by atoms with Crippen LogP contribution in [0.3, 0.4) is 0 Å². The Labute approximate surface area is 146 Å². The predicted octanol–water partition coefficient (Wildman–Crippen LogP) is 5.44. The van der Waals surface area contributed by atoms with Crippen LogP contribution in [0.25, 0.3) is 22.0 Å². The molecule has 2 nitrogen and oxygen atoms in total. The van der Waals surface area contributed by atoms with E-state index in [1.165, 1.54) is 5.56 Å². The fourth-order valence-electron chi connectivity index (χ4n) is 3.03. The molecule has 0 atom stereocenters. The molecule has 0 aliphatic heterocycles. The number of benzene rings is 3. The summed E-state index contributed by atoms with van der Waals surface area (Å²) in [7, 11) is 0. The molecule has 0 amide bonds. The summed E-state index contributed by atoms with van der Waals surface area (Å²) in [5.74, 6) is -0.0538. The van der Waals surface area contributed by atoms with Gasteiger partial charge in [0.25, 0.3) is 0 Å². The molecule has 4 rings (SSSR count). The van der Waals surface area contributed by atoms with Gasteiger partial charge in [-0.3, -0.25) is 4.79 Å². The molecule has 0 bridgehead atoms. The Morgan fingerprint density at radius 1 is 0.800 bits per heavy atom. The van der Waals surface area contributed by atoms with Crippen molar-refractivity contribution in [1.29, 1.82) is 0 Å². The van der Waals surface area contributed by atoms with Gasteiger partial charge in [0, 0.05) is 16.5 Å². The number of aromatic nitrogens is 1. The Bertz CT molecular complexity index is 1050. The van der Waals surface area contributed by atoms with E-state index >= 15 is 0 Å². The predicted molar refractivity (Wildman–Crippen MR) is 102 cm³/mol. The average Bonchev–Trinajstić information content (AvgIpc) is 2.68. The monoisotopic (exact) mass is 323 g/mol. The molecule has 0 unspecified atom stereocenters. The van der Waals surface area contributed by atoms with Crippen molar-refractivity contribution in [1.82, 2.24) is 4.98 Å². The van der Waals surface area contributed by atoms with Crippen LogP contribution >= 0.6 is 0 Å². The van der Waals surface area contributed by atoms with Gasteiger partial charge in [-0.05, 0) is 30.7 Å². The number of fused-ring (bicyclic) bond motifs is 1. The third-order valence-corrected chi connectivity index (χ3v) is 4.31. The van der Waals surface area contributed by atoms with E-state index < -0.39 is 0 Å². The van der Waals surface area contributed by atoms with E-state index in [2.05, 4.69) is 19.1 Å². The smallest absolute Gasteiger partial charge is 0.212 e. The van der Waals surface area contributed by atoms with Crippen LogP contribution in [0.1, 0.15) is 21.6 Å². The molecule has 4 aromatic rings. The molecule has 0 aliphatic rings. The summed E-state index contributed by atoms with van der Waals surface area (Å²) >= 11 is 0. The molecule has 0 fully saturated rings. The Hall–Kier alpha value is -3.26. The quantitative estimate of drug-likeness (QED) is 0.470. The maximum absolute atomic E-state index is 13.1. The van der Waals surface area contributed by atoms with Crippen molar-refractivity contribution in [3.8, 4) is 11.1 Å². The zero-order valence-corrected chi connectivity index (χ0v) is 13.9. The molecule has 2 heteroatoms. The Morgan fingerprint density at radius 3 is 2.20 bits per heavy atom. The molecule has 0 radical (unpaired) electrons. The van der Waals surface area contributed by atoms with Gasteiger partial charge < -0.3 is 0 Å². The third kappa shape index (κ3) is 2.94. The first-order valence-corrected chi connectivity index (χ1v) is 8.29. The SMILES string of the molecule is Cc1ccc2nc(C(=O)c3ccccc3)c(-c3ccccc3)cc2c1. The van der Waals surface area contributed by atoms with Gasteiger partial charge in [0.05, 0.1) is 5.52 Å². The van der Waals surface area contributed by atoms with Crippen molar-refractivity contribution < 1.29 is 4.79 Å². The van der Waals surface area contributed by atoms with E-state index in [1.54, 1.807) is 0 Å². The first kappa shape index (κ1) is 15.3. The maximum atomic E-state index is 13.1. The van der Waals surface area contributed by atoms with E-state index in [4.69, 9.17) is 4.98 Å². The number of hydrogen-bond donors (Lipinski definition) is 0. The molecule has 0 N–H and O–H groups in total. The highest BCUT2D eigenvalue weighted by Gasteiger charge is 2.17. The summed E-state index contributed by atoms with van der Waals surface area (Å²) in [5, 5.41) is 1.04. The second-order valence-electron chi connectivity index (χ2n) is 6.14. The van der Waals surface area contributed by atoms with Gasteiger partial charge in [0.1, 0.15) is 5.69 Å². The summed E-state index contributed by atoms with van der Waals surface area (Å²) in [6.07, 6.45) is 0. The van der Waals surface area contributed by atoms with Gasteiger partial charge in [-0.1, -0.05) is 72.3 Å². The number of hydrogen-bond acceptors (Lipinski definition) is 2. The molecule has 0 saturated carbocycles. The molecule has 25 heavy (non-hydrogen) atoms. The average molecular weight is 323 g/mol. The fourth-order valence-corrected chi connectivity index (χ4v) is 3.03. The van der Waals surface area contributed by atoms with Crippen molar-refractivity contribution in [2.24, 2.45) is 0 Å². The van der Waals surface area contributed by atoms with Crippen LogP contribution in [-0.2, 0) is 0 Å². The van der Waals surface area contributed by atoms with E-state index in [0.29, 0.717) is 11.3 Å². The molecule has 0 saturated heterocycles. The molecule has 0 spiro atoms. The van der Waals surface area contributed by atoms with E-state index in [-0.39, 0.29) is 5.78 Å². The molecular weight excluding hydrogens is 306 g/mol. The van der Waals surface area contributed by atoms with Crippen LogP contribution < -0.4 is 0 Å². The fraction of sp³-hybridized carbons (Fsp3) is 0.0435. The van der Waals surface area contributed by atoms with Crippen LogP contribution in [0.4, 0.5) is 0 Å². The van der Waals surface area contributed by atoms with Crippen LogP contribution in [0, 0.1) is 6.92 Å². The zero-order valence-electron chi connectivity index (χ0n) is 13.9. The summed E-state index contributed by atoms with van der Waals surface area (Å²) in [4.78, 5) is 17.8. The van der Waals surface area contributed by atoms with Crippen molar-refractivity contribution in [2.75, 3.05) is 0 Å². The van der Waals surface area contributed by atoms with Gasteiger partial charge in [-0.15, -0.1) is 0 Å². The van der Waals surface area contributed by atoms with Crippen molar-refractivity contribution >= 4 is 16.7 Å². The van der Waals surface area contributed by atoms with Crippen molar-refractivity contribution in [2.45, 2.75) is 6.92 Å². The van der Waals surface area contributed by atoms with Crippen LogP contribution in [-0.4, -0.2) is 10.8 Å². The second-order valence-corrected chi connectivity index (χ2v) is 6.14. The second kappa shape index (κ2) is 6.33. The first-order chi connectivity index (χ1) is 12.2. The first-order valence-electron chi connectivity index (χ1n) is 8.29. The maximum Gasteiger partial charge on any atom is 0.212 e. The van der Waals surface area contributed by atoms with Gasteiger partial charge in [0.15, 0.2) is 0 Å². The van der Waals surface area contributed by atoms with E-state index in [9.17, 15) is 4.79 Å². The number of pyridine rings is 1. The normalized spacial score (nSPS) is 10.8. The van der Waals surface area contributed by atoms with Crippen LogP contribution in [0.2, 0.25) is 0 Å². The zero-order chi connectivity index (χ0) is 17.2. The van der Waals surface area contributed by atoms with Gasteiger partial charge in [-0.2, -0.15) is 0 Å². The minimum absolute atomic E-state index is 0.0538. The van der Waals surface area contributed by atoms with Crippen LogP contribution in [0.5, 0.6) is 0 Å². The largest absolute Gasteiger partial charge is 0.287 e. The molecule has 1 aromatic heterocycles.